The first kappa shape index (κ1) is 16.0. The highest BCUT2D eigenvalue weighted by molar-refractivity contribution is 5.90. The molecule has 0 radical (unpaired) electrons. The van der Waals surface area contributed by atoms with E-state index >= 15 is 0 Å². The molecule has 2 N–H and O–H groups in total. The Hall–Kier alpha value is -2.10. The van der Waals surface area contributed by atoms with Crippen LogP contribution >= 0.6 is 0 Å². The van der Waals surface area contributed by atoms with Crippen molar-refractivity contribution in [1.29, 1.82) is 0 Å². The lowest BCUT2D eigenvalue weighted by molar-refractivity contribution is -0.133. The van der Waals surface area contributed by atoms with E-state index in [4.69, 9.17) is 5.73 Å². The van der Waals surface area contributed by atoms with Gasteiger partial charge in [0.05, 0.1) is 6.04 Å². The van der Waals surface area contributed by atoms with Crippen LogP contribution in [-0.4, -0.2) is 23.3 Å². The van der Waals surface area contributed by atoms with Crippen LogP contribution in [0, 0.1) is 0 Å². The second-order valence-corrected chi connectivity index (χ2v) is 4.80. The molecule has 0 aromatic heterocycles. The van der Waals surface area contributed by atoms with Crippen LogP contribution in [0.1, 0.15) is 37.4 Å². The van der Waals surface area contributed by atoms with Crippen molar-refractivity contribution >= 4 is 11.8 Å². The van der Waals surface area contributed by atoms with Gasteiger partial charge in [-0.15, -0.1) is 0 Å². The van der Waals surface area contributed by atoms with Gasteiger partial charge in [0.15, 0.2) is 0 Å². The highest BCUT2D eigenvalue weighted by Gasteiger charge is 2.21. The fourth-order valence-electron chi connectivity index (χ4n) is 2.12. The predicted molar refractivity (Wildman–Crippen MR) is 80.0 cm³/mol. The third-order valence-corrected chi connectivity index (χ3v) is 3.25. The summed E-state index contributed by atoms with van der Waals surface area (Å²) in [5.41, 5.74) is 7.44. The van der Waals surface area contributed by atoms with Gasteiger partial charge in [0.25, 0.3) is 0 Å². The molecule has 4 heteroatoms. The summed E-state index contributed by atoms with van der Waals surface area (Å²) in [7, 11) is 0. The average molecular weight is 274 g/mol. The summed E-state index contributed by atoms with van der Waals surface area (Å²) in [6, 6.07) is 7.86. The molecule has 0 saturated carbocycles. The highest BCUT2D eigenvalue weighted by Crippen LogP contribution is 2.21. The van der Waals surface area contributed by atoms with E-state index in [0.717, 1.165) is 18.4 Å². The van der Waals surface area contributed by atoms with Crippen LogP contribution in [0.15, 0.2) is 36.9 Å². The van der Waals surface area contributed by atoms with Crippen molar-refractivity contribution in [2.24, 2.45) is 5.73 Å². The molecule has 0 unspecified atom stereocenters. The zero-order valence-electron chi connectivity index (χ0n) is 12.1. The first-order valence-corrected chi connectivity index (χ1v) is 6.79. The Morgan fingerprint density at radius 3 is 2.40 bits per heavy atom. The summed E-state index contributed by atoms with van der Waals surface area (Å²) in [6.07, 6.45) is 3.33. The van der Waals surface area contributed by atoms with Crippen LogP contribution < -0.4 is 5.73 Å². The predicted octanol–water partition coefficient (Wildman–Crippen LogP) is 2.20. The van der Waals surface area contributed by atoms with Gasteiger partial charge in [0.2, 0.25) is 11.8 Å². The van der Waals surface area contributed by atoms with Crippen LogP contribution in [0.25, 0.3) is 0 Å². The van der Waals surface area contributed by atoms with Crippen LogP contribution in [0.2, 0.25) is 0 Å². The normalized spacial score (nSPS) is 11.7. The zero-order valence-corrected chi connectivity index (χ0v) is 12.1. The number of benzene rings is 1. The third-order valence-electron chi connectivity index (χ3n) is 3.25. The minimum atomic E-state index is -0.533. The molecular weight excluding hydrogens is 252 g/mol. The minimum absolute atomic E-state index is 0.108. The molecule has 108 valence electrons. The quantitative estimate of drug-likeness (QED) is 0.775. The molecule has 2 amide bonds. The van der Waals surface area contributed by atoms with E-state index in [1.807, 2.05) is 19.1 Å². The largest absolute Gasteiger partial charge is 0.368 e. The number of nitrogens with zero attached hydrogens (tertiary/aromatic N) is 1. The van der Waals surface area contributed by atoms with Gasteiger partial charge in [-0.05, 0) is 30.5 Å². The summed E-state index contributed by atoms with van der Waals surface area (Å²) in [5, 5.41) is 0. The van der Waals surface area contributed by atoms with Crippen molar-refractivity contribution in [2.45, 2.75) is 32.7 Å². The summed E-state index contributed by atoms with van der Waals surface area (Å²) < 4.78 is 0. The lowest BCUT2D eigenvalue weighted by Crippen LogP contribution is -2.39. The number of carbonyl (C=O) groups is 2. The number of hydrogen-bond acceptors (Lipinski definition) is 2. The van der Waals surface area contributed by atoms with Crippen LogP contribution in [0.3, 0.4) is 0 Å². The molecule has 1 atom stereocenters. The number of nitrogens with two attached hydrogens (primary N) is 1. The lowest BCUT2D eigenvalue weighted by atomic mass is 10.0. The zero-order chi connectivity index (χ0) is 15.1. The van der Waals surface area contributed by atoms with Gasteiger partial charge in [-0.1, -0.05) is 44.2 Å². The molecule has 0 spiro atoms. The van der Waals surface area contributed by atoms with Gasteiger partial charge in [0, 0.05) is 0 Å². The molecule has 1 aromatic rings. The van der Waals surface area contributed by atoms with Gasteiger partial charge >= 0.3 is 0 Å². The number of amides is 2. The summed E-state index contributed by atoms with van der Waals surface area (Å²) in [5.74, 6) is -0.830. The molecule has 0 heterocycles. The Labute approximate surface area is 120 Å². The van der Waals surface area contributed by atoms with E-state index in [2.05, 4.69) is 25.6 Å². The number of aryl methyl sites for hydroxylation is 1. The molecule has 1 aromatic carbocycles. The van der Waals surface area contributed by atoms with E-state index in [1.165, 1.54) is 16.5 Å². The maximum absolute atomic E-state index is 11.8. The topological polar surface area (TPSA) is 63.4 Å². The summed E-state index contributed by atoms with van der Waals surface area (Å²) in [6.45, 7) is 7.36. The second-order valence-electron chi connectivity index (χ2n) is 4.80. The molecule has 20 heavy (non-hydrogen) atoms. The molecule has 0 aliphatic rings. The number of rotatable bonds is 7. The maximum atomic E-state index is 11.8. The summed E-state index contributed by atoms with van der Waals surface area (Å²) >= 11 is 0. The Morgan fingerprint density at radius 2 is 1.95 bits per heavy atom. The van der Waals surface area contributed by atoms with Crippen molar-refractivity contribution in [3.63, 3.8) is 0 Å². The Balaban J connectivity index is 2.92. The first-order chi connectivity index (χ1) is 9.49. The fraction of sp³-hybridized carbons (Fsp3) is 0.375. The maximum Gasteiger partial charge on any atom is 0.246 e. The Morgan fingerprint density at radius 1 is 1.35 bits per heavy atom. The van der Waals surface area contributed by atoms with Crippen LogP contribution in [0.5, 0.6) is 0 Å². The van der Waals surface area contributed by atoms with Gasteiger partial charge in [-0.25, -0.2) is 0 Å². The first-order valence-electron chi connectivity index (χ1n) is 6.79. The van der Waals surface area contributed by atoms with Crippen molar-refractivity contribution in [3.05, 3.63) is 48.0 Å². The van der Waals surface area contributed by atoms with Gasteiger partial charge < -0.3 is 10.6 Å². The standard InChI is InChI=1S/C16H22N2O2/c1-4-6-13-7-9-14(10-8-13)12(3)18(11-15(17)19)16(20)5-2/h5,7-10,12H,2,4,6,11H2,1,3H3,(H2,17,19)/t12-/m0/s1. The van der Waals surface area contributed by atoms with Gasteiger partial charge in [0.1, 0.15) is 6.54 Å². The Kier molecular flexibility index (Phi) is 5.97. The van der Waals surface area contributed by atoms with Crippen molar-refractivity contribution in [1.82, 2.24) is 4.90 Å². The van der Waals surface area contributed by atoms with Crippen molar-refractivity contribution < 1.29 is 9.59 Å². The SMILES string of the molecule is C=CC(=O)N(CC(N)=O)[C@@H](C)c1ccc(CCC)cc1. The minimum Gasteiger partial charge on any atom is -0.368 e. The molecule has 1 rings (SSSR count). The monoisotopic (exact) mass is 274 g/mol. The van der Waals surface area contributed by atoms with E-state index in [-0.39, 0.29) is 18.5 Å². The van der Waals surface area contributed by atoms with E-state index in [0.29, 0.717) is 0 Å². The molecular formula is C16H22N2O2. The lowest BCUT2D eigenvalue weighted by Gasteiger charge is -2.27. The second kappa shape index (κ2) is 7.48. The molecule has 0 bridgehead atoms. The van der Waals surface area contributed by atoms with E-state index < -0.39 is 5.91 Å². The van der Waals surface area contributed by atoms with E-state index in [9.17, 15) is 9.59 Å². The van der Waals surface area contributed by atoms with Gasteiger partial charge in [-0.3, -0.25) is 9.59 Å². The molecule has 0 saturated heterocycles. The molecule has 0 fully saturated rings. The highest BCUT2D eigenvalue weighted by atomic mass is 16.2. The third kappa shape index (κ3) is 4.23. The number of primary amides is 1. The molecule has 0 aliphatic heterocycles. The van der Waals surface area contributed by atoms with Crippen LogP contribution in [0.4, 0.5) is 0 Å². The summed E-state index contributed by atoms with van der Waals surface area (Å²) in [4.78, 5) is 24.4. The molecule has 0 aliphatic carbocycles. The smallest absolute Gasteiger partial charge is 0.246 e. The van der Waals surface area contributed by atoms with Crippen molar-refractivity contribution in [3.8, 4) is 0 Å². The van der Waals surface area contributed by atoms with Gasteiger partial charge in [-0.2, -0.15) is 0 Å². The fourth-order valence-corrected chi connectivity index (χ4v) is 2.12. The van der Waals surface area contributed by atoms with Crippen molar-refractivity contribution in [2.75, 3.05) is 6.54 Å². The van der Waals surface area contributed by atoms with E-state index in [1.54, 1.807) is 0 Å². The number of carbonyl (C=O) groups excluding carboxylic acids is 2. The number of hydrogen-bond donors (Lipinski definition) is 1. The molecule has 4 nitrogen and oxygen atoms in total. The Bertz CT molecular complexity index is 480. The average Bonchev–Trinajstić information content (AvgIpc) is 2.44. The van der Waals surface area contributed by atoms with Crippen LogP contribution in [-0.2, 0) is 16.0 Å².